The Kier molecular flexibility index (Phi) is 7.80. The fourth-order valence-corrected chi connectivity index (χ4v) is 4.64. The van der Waals surface area contributed by atoms with Gasteiger partial charge in [0.15, 0.2) is 0 Å². The summed E-state index contributed by atoms with van der Waals surface area (Å²) in [6, 6.07) is 4.76. The van der Waals surface area contributed by atoms with E-state index >= 15 is 0 Å². The molecule has 0 radical (unpaired) electrons. The predicted octanol–water partition coefficient (Wildman–Crippen LogP) is 3.33. The predicted molar refractivity (Wildman–Crippen MR) is 114 cm³/mol. The molecule has 29 heavy (non-hydrogen) atoms. The maximum absolute atomic E-state index is 12.8. The molecule has 0 aliphatic carbocycles. The average molecular weight is 423 g/mol. The van der Waals surface area contributed by atoms with Crippen LogP contribution < -0.4 is 10.6 Å². The summed E-state index contributed by atoms with van der Waals surface area (Å²) in [7, 11) is -3.62. The lowest BCUT2D eigenvalue weighted by Crippen LogP contribution is -2.30. The quantitative estimate of drug-likeness (QED) is 0.609. The summed E-state index contributed by atoms with van der Waals surface area (Å²) in [5.41, 5.74) is 2.82. The lowest BCUT2D eigenvalue weighted by atomic mass is 10.1. The van der Waals surface area contributed by atoms with Gasteiger partial charge >= 0.3 is 0 Å². The first kappa shape index (κ1) is 22.9. The van der Waals surface area contributed by atoms with Crippen LogP contribution in [-0.2, 0) is 21.2 Å². The van der Waals surface area contributed by atoms with Crippen molar-refractivity contribution >= 4 is 27.3 Å². The van der Waals surface area contributed by atoms with E-state index in [1.165, 1.54) is 10.4 Å². The number of benzene rings is 1. The zero-order valence-electron chi connectivity index (χ0n) is 17.7. The number of carbonyl (C=O) groups is 1. The number of hydrogen-bond acceptors (Lipinski definition) is 6. The van der Waals surface area contributed by atoms with E-state index in [1.807, 2.05) is 20.8 Å². The lowest BCUT2D eigenvalue weighted by Gasteiger charge is -2.20. The second-order valence-corrected chi connectivity index (χ2v) is 8.62. The second kappa shape index (κ2) is 9.89. The molecule has 2 aromatic rings. The second-order valence-electron chi connectivity index (χ2n) is 6.68. The molecule has 0 fully saturated rings. The summed E-state index contributed by atoms with van der Waals surface area (Å²) < 4.78 is 32.2. The SMILES string of the molecule is CCNc1ccc(S(=O)(=O)N(CC)CC)cc1NC(=O)CCc1c(C)noc1C. The Hall–Kier alpha value is -2.39. The molecule has 8 nitrogen and oxygen atoms in total. The molecule has 2 rings (SSSR count). The van der Waals surface area contributed by atoms with E-state index in [1.54, 1.807) is 26.0 Å². The summed E-state index contributed by atoms with van der Waals surface area (Å²) >= 11 is 0. The standard InChI is InChI=1S/C20H30N4O4S/c1-6-21-18-11-9-16(29(26,27)24(7-2)8-3)13-19(18)22-20(25)12-10-17-14(4)23-28-15(17)5/h9,11,13,21H,6-8,10,12H2,1-5H3,(H,22,25). The van der Waals surface area contributed by atoms with Gasteiger partial charge in [0, 0.05) is 31.6 Å². The molecule has 1 aromatic carbocycles. The van der Waals surface area contributed by atoms with Gasteiger partial charge in [-0.15, -0.1) is 0 Å². The van der Waals surface area contributed by atoms with Crippen molar-refractivity contribution in [2.45, 2.75) is 52.4 Å². The van der Waals surface area contributed by atoms with Crippen molar-refractivity contribution in [1.29, 1.82) is 0 Å². The van der Waals surface area contributed by atoms with Gasteiger partial charge in [-0.2, -0.15) is 4.31 Å². The van der Waals surface area contributed by atoms with Gasteiger partial charge in [0.2, 0.25) is 15.9 Å². The zero-order chi connectivity index (χ0) is 21.6. The molecular formula is C20H30N4O4S. The third kappa shape index (κ3) is 5.36. The fraction of sp³-hybridized carbons (Fsp3) is 0.500. The van der Waals surface area contributed by atoms with Gasteiger partial charge in [-0.3, -0.25) is 4.79 Å². The molecule has 2 N–H and O–H groups in total. The van der Waals surface area contributed by atoms with Crippen LogP contribution in [0.3, 0.4) is 0 Å². The van der Waals surface area contributed by atoms with Crippen molar-refractivity contribution in [3.05, 3.63) is 35.2 Å². The Morgan fingerprint density at radius 3 is 2.38 bits per heavy atom. The third-order valence-electron chi connectivity index (χ3n) is 4.76. The van der Waals surface area contributed by atoms with E-state index in [2.05, 4.69) is 15.8 Å². The Morgan fingerprint density at radius 2 is 1.83 bits per heavy atom. The van der Waals surface area contributed by atoms with Crippen LogP contribution in [0, 0.1) is 13.8 Å². The van der Waals surface area contributed by atoms with Crippen molar-refractivity contribution in [3.8, 4) is 0 Å². The number of nitrogens with zero attached hydrogens (tertiary/aromatic N) is 2. The van der Waals surface area contributed by atoms with Crippen LogP contribution in [0.4, 0.5) is 11.4 Å². The molecule has 160 valence electrons. The molecule has 0 aliphatic heterocycles. The van der Waals surface area contributed by atoms with E-state index in [4.69, 9.17) is 4.52 Å². The first-order valence-electron chi connectivity index (χ1n) is 9.84. The van der Waals surface area contributed by atoms with Crippen molar-refractivity contribution in [1.82, 2.24) is 9.46 Å². The number of carbonyl (C=O) groups excluding carboxylic acids is 1. The van der Waals surface area contributed by atoms with Crippen molar-refractivity contribution in [2.24, 2.45) is 0 Å². The smallest absolute Gasteiger partial charge is 0.243 e. The normalized spacial score (nSPS) is 11.7. The highest BCUT2D eigenvalue weighted by Crippen LogP contribution is 2.27. The van der Waals surface area contributed by atoms with Crippen LogP contribution in [0.15, 0.2) is 27.6 Å². The first-order valence-corrected chi connectivity index (χ1v) is 11.3. The van der Waals surface area contributed by atoms with Crippen LogP contribution in [-0.4, -0.2) is 43.4 Å². The molecule has 1 aromatic heterocycles. The van der Waals surface area contributed by atoms with Crippen molar-refractivity contribution in [3.63, 3.8) is 0 Å². The van der Waals surface area contributed by atoms with E-state index in [-0.39, 0.29) is 17.2 Å². The zero-order valence-corrected chi connectivity index (χ0v) is 18.5. The molecule has 0 saturated carbocycles. The average Bonchev–Trinajstić information content (AvgIpc) is 3.00. The summed E-state index contributed by atoms with van der Waals surface area (Å²) in [5.74, 6) is 0.498. The van der Waals surface area contributed by atoms with Gasteiger partial charge in [-0.25, -0.2) is 8.42 Å². The van der Waals surface area contributed by atoms with Gasteiger partial charge in [-0.05, 0) is 45.4 Å². The fourth-order valence-electron chi connectivity index (χ4n) is 3.15. The Labute approximate surface area is 172 Å². The highest BCUT2D eigenvalue weighted by molar-refractivity contribution is 7.89. The molecular weight excluding hydrogens is 392 g/mol. The molecule has 0 unspecified atom stereocenters. The number of aryl methyl sites for hydroxylation is 2. The largest absolute Gasteiger partial charge is 0.384 e. The summed E-state index contributed by atoms with van der Waals surface area (Å²) in [4.78, 5) is 12.7. The van der Waals surface area contributed by atoms with E-state index in [9.17, 15) is 13.2 Å². The molecule has 0 saturated heterocycles. The Morgan fingerprint density at radius 1 is 1.14 bits per heavy atom. The van der Waals surface area contributed by atoms with Crippen LogP contribution in [0.2, 0.25) is 0 Å². The van der Waals surface area contributed by atoms with E-state index in [0.717, 1.165) is 11.3 Å². The van der Waals surface area contributed by atoms with Gasteiger partial charge in [-0.1, -0.05) is 19.0 Å². The van der Waals surface area contributed by atoms with Gasteiger partial charge in [0.1, 0.15) is 5.76 Å². The number of nitrogens with one attached hydrogen (secondary N) is 2. The number of sulfonamides is 1. The molecule has 0 spiro atoms. The van der Waals surface area contributed by atoms with Crippen LogP contribution in [0.25, 0.3) is 0 Å². The highest BCUT2D eigenvalue weighted by Gasteiger charge is 2.23. The highest BCUT2D eigenvalue weighted by atomic mass is 32.2. The minimum absolute atomic E-state index is 0.156. The molecule has 0 bridgehead atoms. The Balaban J connectivity index is 2.24. The number of amides is 1. The lowest BCUT2D eigenvalue weighted by molar-refractivity contribution is -0.116. The maximum atomic E-state index is 12.8. The Bertz CT molecular complexity index is 930. The molecule has 0 aliphatic rings. The number of aromatic nitrogens is 1. The molecule has 1 heterocycles. The maximum Gasteiger partial charge on any atom is 0.243 e. The number of rotatable bonds is 10. The van der Waals surface area contributed by atoms with E-state index in [0.29, 0.717) is 43.2 Å². The van der Waals surface area contributed by atoms with Crippen LogP contribution >= 0.6 is 0 Å². The molecule has 1 amide bonds. The van der Waals surface area contributed by atoms with Gasteiger partial charge < -0.3 is 15.2 Å². The first-order chi connectivity index (χ1) is 13.7. The minimum atomic E-state index is -3.62. The minimum Gasteiger partial charge on any atom is -0.384 e. The molecule has 9 heteroatoms. The van der Waals surface area contributed by atoms with Gasteiger partial charge in [0.25, 0.3) is 0 Å². The number of hydrogen-bond donors (Lipinski definition) is 2. The van der Waals surface area contributed by atoms with Crippen LogP contribution in [0.5, 0.6) is 0 Å². The number of anilines is 2. The topological polar surface area (TPSA) is 105 Å². The van der Waals surface area contributed by atoms with E-state index < -0.39 is 10.0 Å². The van der Waals surface area contributed by atoms with Gasteiger partial charge in [0.05, 0.1) is 22.0 Å². The summed E-state index contributed by atoms with van der Waals surface area (Å²) in [6.45, 7) is 10.6. The summed E-state index contributed by atoms with van der Waals surface area (Å²) in [5, 5.41) is 9.91. The van der Waals surface area contributed by atoms with Crippen molar-refractivity contribution in [2.75, 3.05) is 30.3 Å². The molecule has 0 atom stereocenters. The monoisotopic (exact) mass is 422 g/mol. The third-order valence-corrected chi connectivity index (χ3v) is 6.80. The van der Waals surface area contributed by atoms with Crippen LogP contribution in [0.1, 0.15) is 44.2 Å². The summed E-state index contributed by atoms with van der Waals surface area (Å²) in [6.07, 6.45) is 0.739. The van der Waals surface area contributed by atoms with Crippen molar-refractivity contribution < 1.29 is 17.7 Å².